The van der Waals surface area contributed by atoms with Crippen molar-refractivity contribution in [3.05, 3.63) is 47.4 Å². The molecule has 1 N–H and O–H groups in total. The highest BCUT2D eigenvalue weighted by Gasteiger charge is 2.06. The Kier molecular flexibility index (Phi) is 3.05. The van der Waals surface area contributed by atoms with E-state index in [0.717, 1.165) is 22.3 Å². The molecule has 3 rings (SSSR count). The molecule has 0 aliphatic heterocycles. The van der Waals surface area contributed by atoms with Crippen LogP contribution in [-0.4, -0.2) is 20.0 Å². The number of anilines is 1. The van der Waals surface area contributed by atoms with Gasteiger partial charge in [0.05, 0.1) is 17.1 Å². The quantitative estimate of drug-likeness (QED) is 0.797. The number of rotatable bonds is 3. The molecule has 6 heteroatoms. The van der Waals surface area contributed by atoms with Crippen molar-refractivity contribution < 1.29 is 0 Å². The Hall–Kier alpha value is -2.14. The van der Waals surface area contributed by atoms with Crippen LogP contribution in [0.1, 0.15) is 5.69 Å². The van der Waals surface area contributed by atoms with Gasteiger partial charge >= 0.3 is 0 Å². The fourth-order valence-corrected chi connectivity index (χ4v) is 2.17. The van der Waals surface area contributed by atoms with Gasteiger partial charge in [-0.25, -0.2) is 0 Å². The highest BCUT2D eigenvalue weighted by Crippen LogP contribution is 2.28. The maximum Gasteiger partial charge on any atom is 0.102 e. The Morgan fingerprint density at radius 2 is 2.21 bits per heavy atom. The zero-order valence-electron chi connectivity index (χ0n) is 10.3. The summed E-state index contributed by atoms with van der Waals surface area (Å²) < 4.78 is 1.68. The molecule has 2 heterocycles. The SMILES string of the molecule is Cn1cc(CNc2ccc(Cl)c3ncccc23)nn1. The first kappa shape index (κ1) is 11.9. The largest absolute Gasteiger partial charge is 0.379 e. The third-order valence-corrected chi connectivity index (χ3v) is 3.14. The van der Waals surface area contributed by atoms with Gasteiger partial charge in [0.1, 0.15) is 5.69 Å². The monoisotopic (exact) mass is 273 g/mol. The smallest absolute Gasteiger partial charge is 0.102 e. The Bertz CT molecular complexity index is 722. The number of benzene rings is 1. The summed E-state index contributed by atoms with van der Waals surface area (Å²) in [6, 6.07) is 7.68. The van der Waals surface area contributed by atoms with Gasteiger partial charge in [0.25, 0.3) is 0 Å². The molecule has 0 fully saturated rings. The normalized spacial score (nSPS) is 10.8. The number of aromatic nitrogens is 4. The molecule has 0 spiro atoms. The lowest BCUT2D eigenvalue weighted by Crippen LogP contribution is -2.00. The van der Waals surface area contributed by atoms with Crippen LogP contribution in [0.25, 0.3) is 10.9 Å². The molecule has 0 aliphatic rings. The molecule has 0 saturated heterocycles. The highest BCUT2D eigenvalue weighted by molar-refractivity contribution is 6.35. The van der Waals surface area contributed by atoms with Gasteiger partial charge in [-0.05, 0) is 24.3 Å². The minimum absolute atomic E-state index is 0.611. The fourth-order valence-electron chi connectivity index (χ4n) is 1.95. The minimum Gasteiger partial charge on any atom is -0.379 e. The Labute approximate surface area is 115 Å². The summed E-state index contributed by atoms with van der Waals surface area (Å²) in [6.07, 6.45) is 3.62. The Morgan fingerprint density at radius 3 is 3.00 bits per heavy atom. The first-order valence-corrected chi connectivity index (χ1v) is 6.24. The van der Waals surface area contributed by atoms with Gasteiger partial charge in [0, 0.05) is 30.5 Å². The van der Waals surface area contributed by atoms with Gasteiger partial charge in [0.2, 0.25) is 0 Å². The Balaban J connectivity index is 1.91. The summed E-state index contributed by atoms with van der Waals surface area (Å²) in [5.41, 5.74) is 2.67. The molecular formula is C13H12ClN5. The van der Waals surface area contributed by atoms with E-state index in [9.17, 15) is 0 Å². The highest BCUT2D eigenvalue weighted by atomic mass is 35.5. The van der Waals surface area contributed by atoms with Gasteiger partial charge in [-0.3, -0.25) is 9.67 Å². The zero-order valence-corrected chi connectivity index (χ0v) is 11.1. The van der Waals surface area contributed by atoms with Crippen LogP contribution >= 0.6 is 11.6 Å². The molecule has 2 aromatic heterocycles. The van der Waals surface area contributed by atoms with Gasteiger partial charge < -0.3 is 5.32 Å². The number of fused-ring (bicyclic) bond motifs is 1. The standard InChI is InChI=1S/C13H12ClN5/c1-19-8-9(17-18-19)7-16-12-5-4-11(14)13-10(12)3-2-6-15-13/h2-6,8,16H,7H2,1H3. The molecule has 0 atom stereocenters. The third kappa shape index (κ3) is 2.37. The van der Waals surface area contributed by atoms with Crippen molar-refractivity contribution in [3.63, 3.8) is 0 Å². The van der Waals surface area contributed by atoms with Gasteiger partial charge in [-0.1, -0.05) is 16.8 Å². The van der Waals surface area contributed by atoms with E-state index in [2.05, 4.69) is 20.6 Å². The predicted octanol–water partition coefficient (Wildman–Crippen LogP) is 2.63. The number of halogens is 1. The maximum absolute atomic E-state index is 6.13. The van der Waals surface area contributed by atoms with Crippen LogP contribution in [0, 0.1) is 0 Å². The molecule has 19 heavy (non-hydrogen) atoms. The van der Waals surface area contributed by atoms with Crippen molar-refractivity contribution in [2.75, 3.05) is 5.32 Å². The molecule has 0 unspecified atom stereocenters. The van der Waals surface area contributed by atoms with Crippen molar-refractivity contribution >= 4 is 28.2 Å². The van der Waals surface area contributed by atoms with Crippen LogP contribution in [0.15, 0.2) is 36.7 Å². The molecule has 0 aliphatic carbocycles. The molecule has 1 aromatic carbocycles. The second-order valence-electron chi connectivity index (χ2n) is 4.23. The average molecular weight is 274 g/mol. The summed E-state index contributed by atoms with van der Waals surface area (Å²) in [5, 5.41) is 12.9. The molecular weight excluding hydrogens is 262 g/mol. The lowest BCUT2D eigenvalue weighted by Gasteiger charge is -2.08. The van der Waals surface area contributed by atoms with Crippen LogP contribution in [0.3, 0.4) is 0 Å². The lowest BCUT2D eigenvalue weighted by atomic mass is 10.2. The van der Waals surface area contributed by atoms with Gasteiger partial charge in [-0.2, -0.15) is 0 Å². The zero-order chi connectivity index (χ0) is 13.2. The third-order valence-electron chi connectivity index (χ3n) is 2.83. The second kappa shape index (κ2) is 4.85. The number of pyridine rings is 1. The first-order valence-electron chi connectivity index (χ1n) is 5.86. The fraction of sp³-hybridized carbons (Fsp3) is 0.154. The van der Waals surface area contributed by atoms with E-state index >= 15 is 0 Å². The lowest BCUT2D eigenvalue weighted by molar-refractivity contribution is 0.713. The molecule has 3 aromatic rings. The summed E-state index contributed by atoms with van der Waals surface area (Å²) >= 11 is 6.13. The van der Waals surface area contributed by atoms with Gasteiger partial charge in [-0.15, -0.1) is 5.10 Å². The number of aryl methyl sites for hydroxylation is 1. The predicted molar refractivity (Wildman–Crippen MR) is 75.1 cm³/mol. The van der Waals surface area contributed by atoms with E-state index in [1.807, 2.05) is 37.5 Å². The van der Waals surface area contributed by atoms with Crippen molar-refractivity contribution in [1.29, 1.82) is 0 Å². The Morgan fingerprint density at radius 1 is 1.32 bits per heavy atom. The van der Waals surface area contributed by atoms with Crippen molar-refractivity contribution in [3.8, 4) is 0 Å². The molecule has 0 saturated carbocycles. The number of nitrogens with zero attached hydrogens (tertiary/aromatic N) is 4. The molecule has 5 nitrogen and oxygen atoms in total. The minimum atomic E-state index is 0.611. The van der Waals surface area contributed by atoms with Crippen molar-refractivity contribution in [1.82, 2.24) is 20.0 Å². The van der Waals surface area contributed by atoms with Gasteiger partial charge in [0.15, 0.2) is 0 Å². The van der Waals surface area contributed by atoms with Crippen LogP contribution in [0.5, 0.6) is 0 Å². The summed E-state index contributed by atoms with van der Waals surface area (Å²) in [7, 11) is 1.85. The average Bonchev–Trinajstić information content (AvgIpc) is 2.84. The summed E-state index contributed by atoms with van der Waals surface area (Å²) in [5.74, 6) is 0. The summed E-state index contributed by atoms with van der Waals surface area (Å²) in [4.78, 5) is 4.30. The van der Waals surface area contributed by atoms with E-state index < -0.39 is 0 Å². The van der Waals surface area contributed by atoms with E-state index in [1.165, 1.54) is 0 Å². The molecule has 96 valence electrons. The molecule has 0 bridgehead atoms. The van der Waals surface area contributed by atoms with Crippen LogP contribution in [0.4, 0.5) is 5.69 Å². The van der Waals surface area contributed by atoms with E-state index in [-0.39, 0.29) is 0 Å². The molecule has 0 radical (unpaired) electrons. The van der Waals surface area contributed by atoms with Crippen molar-refractivity contribution in [2.24, 2.45) is 7.05 Å². The molecule has 0 amide bonds. The van der Waals surface area contributed by atoms with Crippen molar-refractivity contribution in [2.45, 2.75) is 6.54 Å². The van der Waals surface area contributed by atoms with Crippen LogP contribution in [0.2, 0.25) is 5.02 Å². The number of nitrogens with one attached hydrogen (secondary N) is 1. The van der Waals surface area contributed by atoms with E-state index in [4.69, 9.17) is 11.6 Å². The van der Waals surface area contributed by atoms with Crippen LogP contribution in [-0.2, 0) is 13.6 Å². The summed E-state index contributed by atoms with van der Waals surface area (Å²) in [6.45, 7) is 0.611. The van der Waals surface area contributed by atoms with E-state index in [0.29, 0.717) is 11.6 Å². The first-order chi connectivity index (χ1) is 9.24. The van der Waals surface area contributed by atoms with Crippen LogP contribution < -0.4 is 5.32 Å². The second-order valence-corrected chi connectivity index (χ2v) is 4.64. The topological polar surface area (TPSA) is 55.6 Å². The maximum atomic E-state index is 6.13. The van der Waals surface area contributed by atoms with E-state index in [1.54, 1.807) is 10.9 Å². The number of hydrogen-bond acceptors (Lipinski definition) is 4. The number of hydrogen-bond donors (Lipinski definition) is 1.